The Kier molecular flexibility index (Phi) is 4.50. The molecule has 0 unspecified atom stereocenters. The van der Waals surface area contributed by atoms with Crippen LogP contribution >= 0.6 is 56.2 Å². The van der Waals surface area contributed by atoms with Gasteiger partial charge in [0, 0.05) is 16.9 Å². The lowest BCUT2D eigenvalue weighted by Gasteiger charge is -2.03. The summed E-state index contributed by atoms with van der Waals surface area (Å²) < 4.78 is 50.2. The molecule has 3 rings (SSSR count). The summed E-state index contributed by atoms with van der Waals surface area (Å²) in [6.07, 6.45) is -1.55. The minimum atomic E-state index is -4.03. The lowest BCUT2D eigenvalue weighted by Crippen LogP contribution is -1.97. The molecule has 0 radical (unpaired) electrons. The molecule has 0 spiro atoms. The van der Waals surface area contributed by atoms with Gasteiger partial charge in [-0.15, -0.1) is 10.2 Å². The molecule has 23 heavy (non-hydrogen) atoms. The first-order valence-electron chi connectivity index (χ1n) is 5.62. The number of alkyl halides is 2. The fourth-order valence-corrected chi connectivity index (χ4v) is 4.53. The quantitative estimate of drug-likeness (QED) is 0.393. The summed E-state index contributed by atoms with van der Waals surface area (Å²) >= 11 is 8.64. The molecule has 0 N–H and O–H groups in total. The average Bonchev–Trinajstić information content (AvgIpc) is 3.02. The van der Waals surface area contributed by atoms with Crippen LogP contribution in [0.3, 0.4) is 0 Å². The molecule has 0 aliphatic rings. The molecule has 122 valence electrons. The van der Waals surface area contributed by atoms with E-state index in [9.17, 15) is 17.2 Å². The highest BCUT2D eigenvalue weighted by molar-refractivity contribution is 14.1. The van der Waals surface area contributed by atoms with Crippen LogP contribution in [0.1, 0.15) is 11.4 Å². The van der Waals surface area contributed by atoms with Gasteiger partial charge in [-0.25, -0.2) is 22.2 Å². The van der Waals surface area contributed by atoms with Gasteiger partial charge in [-0.05, 0) is 28.7 Å². The normalized spacial score (nSPS) is 12.4. The minimum Gasteiger partial charge on any atom is -0.294 e. The number of halogens is 5. The zero-order valence-electron chi connectivity index (χ0n) is 10.5. The van der Waals surface area contributed by atoms with E-state index in [0.717, 1.165) is 0 Å². The van der Waals surface area contributed by atoms with Crippen molar-refractivity contribution >= 4 is 70.8 Å². The van der Waals surface area contributed by atoms with Gasteiger partial charge < -0.3 is 0 Å². The van der Waals surface area contributed by atoms with Crippen LogP contribution in [0.25, 0.3) is 16.3 Å². The van der Waals surface area contributed by atoms with Crippen LogP contribution in [0, 0.1) is 3.70 Å². The van der Waals surface area contributed by atoms with E-state index in [1.807, 2.05) is 22.6 Å². The number of pyridine rings is 1. The van der Waals surface area contributed by atoms with Crippen molar-refractivity contribution in [3.05, 3.63) is 26.0 Å². The number of rotatable bonds is 3. The molecule has 0 saturated heterocycles. The van der Waals surface area contributed by atoms with Crippen LogP contribution in [0.15, 0.2) is 17.2 Å². The van der Waals surface area contributed by atoms with E-state index < -0.39 is 20.5 Å². The minimum absolute atomic E-state index is 0.105. The third kappa shape index (κ3) is 3.16. The maximum atomic E-state index is 12.7. The van der Waals surface area contributed by atoms with Crippen molar-refractivity contribution < 1.29 is 17.2 Å². The Morgan fingerprint density at radius 1 is 1.35 bits per heavy atom. The topological polar surface area (TPSA) is 77.2 Å². The molecule has 0 fully saturated rings. The largest absolute Gasteiger partial charge is 0.294 e. The van der Waals surface area contributed by atoms with E-state index in [1.165, 1.54) is 16.7 Å². The molecular weight excluding hydrogens is 508 g/mol. The summed E-state index contributed by atoms with van der Waals surface area (Å²) in [7, 11) is 1.30. The van der Waals surface area contributed by atoms with Gasteiger partial charge >= 0.3 is 0 Å². The van der Waals surface area contributed by atoms with Crippen molar-refractivity contribution in [3.63, 3.8) is 0 Å². The molecule has 0 aliphatic heterocycles. The zero-order chi connectivity index (χ0) is 16.9. The molecule has 3 aromatic rings. The molecule has 6 nitrogen and oxygen atoms in total. The number of aromatic nitrogens is 4. The van der Waals surface area contributed by atoms with Gasteiger partial charge in [-0.2, -0.15) is 0 Å². The Morgan fingerprint density at radius 3 is 2.61 bits per heavy atom. The Labute approximate surface area is 155 Å². The van der Waals surface area contributed by atoms with Gasteiger partial charge in [0.2, 0.25) is 0 Å². The summed E-state index contributed by atoms with van der Waals surface area (Å²) in [5.74, 6) is 0.151. The molecule has 0 bridgehead atoms. The predicted molar refractivity (Wildman–Crippen MR) is 89.8 cm³/mol. The van der Waals surface area contributed by atoms with Gasteiger partial charge in [0.15, 0.2) is 15.8 Å². The third-order valence-corrected chi connectivity index (χ3v) is 6.01. The predicted octanol–water partition coefficient (Wildman–Crippen LogP) is 3.98. The maximum Gasteiger partial charge on any atom is 0.291 e. The average molecular weight is 511 g/mol. The number of fused-ring (bicyclic) bond motifs is 1. The van der Waals surface area contributed by atoms with Crippen molar-refractivity contribution in [1.29, 1.82) is 0 Å². The van der Waals surface area contributed by atoms with E-state index in [-0.39, 0.29) is 20.8 Å². The van der Waals surface area contributed by atoms with E-state index in [4.69, 9.17) is 22.3 Å². The molecule has 0 amide bonds. The van der Waals surface area contributed by atoms with Crippen molar-refractivity contribution in [1.82, 2.24) is 19.6 Å². The van der Waals surface area contributed by atoms with Crippen LogP contribution in [0.2, 0.25) is 5.02 Å². The second kappa shape index (κ2) is 6.02. The van der Waals surface area contributed by atoms with Crippen molar-refractivity contribution in [2.24, 2.45) is 0 Å². The summed E-state index contributed by atoms with van der Waals surface area (Å²) in [6.45, 7) is 0. The number of hydrogen-bond acceptors (Lipinski definition) is 6. The fraction of sp³-hybridized carbons (Fsp3) is 0.100. The third-order valence-electron chi connectivity index (χ3n) is 2.72. The second-order valence-electron chi connectivity index (χ2n) is 4.15. The second-order valence-corrected chi connectivity index (χ2v) is 9.16. The van der Waals surface area contributed by atoms with E-state index in [2.05, 4.69) is 15.2 Å². The monoisotopic (exact) mass is 510 g/mol. The summed E-state index contributed by atoms with van der Waals surface area (Å²) in [5, 5.41) is 6.81. The first-order chi connectivity index (χ1) is 10.7. The first-order valence-corrected chi connectivity index (χ1v) is 10.2. The highest BCUT2D eigenvalue weighted by Gasteiger charge is 2.22. The smallest absolute Gasteiger partial charge is 0.291 e. The van der Waals surface area contributed by atoms with Gasteiger partial charge in [0.25, 0.3) is 15.5 Å². The molecule has 3 aromatic heterocycles. The fourth-order valence-electron chi connectivity index (χ4n) is 1.80. The van der Waals surface area contributed by atoms with Gasteiger partial charge in [0.05, 0.1) is 10.5 Å². The number of imidazole rings is 1. The summed E-state index contributed by atoms with van der Waals surface area (Å²) in [4.78, 5) is 3.96. The standard InChI is InChI=1S/C10H3Cl2F2IN4O2S2/c11-4-1-3(23(12,20)21)2-19-5(4)7(15)16-8(19)10-18-17-9(22-10)6(13)14/h1-2,6H. The van der Waals surface area contributed by atoms with Crippen molar-refractivity contribution in [2.75, 3.05) is 0 Å². The Morgan fingerprint density at radius 2 is 2.04 bits per heavy atom. The van der Waals surface area contributed by atoms with E-state index >= 15 is 0 Å². The molecule has 3 heterocycles. The van der Waals surface area contributed by atoms with Crippen LogP contribution < -0.4 is 0 Å². The van der Waals surface area contributed by atoms with Crippen LogP contribution in [0.4, 0.5) is 8.78 Å². The summed E-state index contributed by atoms with van der Waals surface area (Å²) in [5.41, 5.74) is 0.417. The highest BCUT2D eigenvalue weighted by atomic mass is 127. The SMILES string of the molecule is O=S(=O)(Cl)c1cc(Cl)c2c(I)nc(-c3nnc(C(F)F)s3)n2c1. The maximum absolute atomic E-state index is 12.7. The zero-order valence-corrected chi connectivity index (χ0v) is 15.8. The van der Waals surface area contributed by atoms with Crippen molar-refractivity contribution in [3.8, 4) is 10.8 Å². The number of nitrogens with zero attached hydrogens (tertiary/aromatic N) is 4. The van der Waals surface area contributed by atoms with Crippen molar-refractivity contribution in [2.45, 2.75) is 11.3 Å². The molecule has 13 heteroatoms. The first kappa shape index (κ1) is 17.2. The van der Waals surface area contributed by atoms with Crippen LogP contribution in [-0.4, -0.2) is 28.0 Å². The molecular formula is C10H3Cl2F2IN4O2S2. The Balaban J connectivity index is 2.30. The van der Waals surface area contributed by atoms with Crippen LogP contribution in [0.5, 0.6) is 0 Å². The summed E-state index contributed by atoms with van der Waals surface area (Å²) in [6, 6.07) is 1.19. The lowest BCUT2D eigenvalue weighted by molar-refractivity contribution is 0.150. The van der Waals surface area contributed by atoms with Gasteiger partial charge in [-0.1, -0.05) is 22.9 Å². The van der Waals surface area contributed by atoms with Gasteiger partial charge in [0.1, 0.15) is 8.60 Å². The van der Waals surface area contributed by atoms with Gasteiger partial charge in [-0.3, -0.25) is 4.40 Å². The molecule has 0 saturated carbocycles. The number of hydrogen-bond donors (Lipinski definition) is 0. The van der Waals surface area contributed by atoms with E-state index in [1.54, 1.807) is 0 Å². The molecule has 0 aliphatic carbocycles. The molecule has 0 atom stereocenters. The highest BCUT2D eigenvalue weighted by Crippen LogP contribution is 2.34. The molecule has 0 aromatic carbocycles. The lowest BCUT2D eigenvalue weighted by atomic mass is 10.4. The van der Waals surface area contributed by atoms with Crippen LogP contribution in [-0.2, 0) is 9.05 Å². The Hall–Kier alpha value is -0.630. The Bertz CT molecular complexity index is 1020. The van der Waals surface area contributed by atoms with E-state index in [0.29, 0.717) is 20.6 Å².